The zero-order valence-corrected chi connectivity index (χ0v) is 27.1. The maximum atomic E-state index is 13.2. The molecule has 6 N–H and O–H groups in total. The molecule has 3 atom stereocenters. The number of carboxylic acids is 1. The number of hydrogen-bond donors (Lipinski definition) is 6. The van der Waals surface area contributed by atoms with Gasteiger partial charge in [0.2, 0.25) is 10.0 Å². The maximum Gasteiger partial charge on any atom is 0.410 e. The second kappa shape index (κ2) is 14.0. The first-order chi connectivity index (χ1) is 22.4. The highest BCUT2D eigenvalue weighted by atomic mass is 32.2. The van der Waals surface area contributed by atoms with Crippen molar-refractivity contribution in [3.63, 3.8) is 0 Å². The number of aliphatic carboxylic acids is 1. The molecule has 0 aliphatic carbocycles. The molecule has 47 heavy (non-hydrogen) atoms. The number of carbonyl (C=O) groups is 3. The van der Waals surface area contributed by atoms with E-state index in [0.29, 0.717) is 24.1 Å². The van der Waals surface area contributed by atoms with Crippen LogP contribution in [0.5, 0.6) is 0 Å². The summed E-state index contributed by atoms with van der Waals surface area (Å²) in [5.74, 6) is -2.17. The monoisotopic (exact) mass is 669 g/mol. The molecule has 0 saturated carbocycles. The molecule has 5 rings (SSSR count). The highest BCUT2D eigenvalue weighted by Gasteiger charge is 2.53. The Kier molecular flexibility index (Phi) is 10.0. The van der Waals surface area contributed by atoms with E-state index in [1.54, 1.807) is 43.3 Å². The van der Waals surface area contributed by atoms with E-state index in [-0.39, 0.29) is 42.5 Å². The van der Waals surface area contributed by atoms with E-state index in [1.807, 2.05) is 37.3 Å². The fraction of sp³-hybridized carbons (Fsp3) is 0.419. The number of ether oxygens (including phenoxy) is 1. The van der Waals surface area contributed by atoms with Gasteiger partial charge in [-0.1, -0.05) is 53.2 Å². The van der Waals surface area contributed by atoms with Crippen LogP contribution in [0.2, 0.25) is 0 Å². The van der Waals surface area contributed by atoms with Gasteiger partial charge < -0.3 is 30.6 Å². The van der Waals surface area contributed by atoms with E-state index in [9.17, 15) is 27.9 Å². The Hall–Kier alpha value is -4.67. The Morgan fingerprint density at radius 2 is 1.81 bits per heavy atom. The van der Waals surface area contributed by atoms with Crippen LogP contribution in [0.1, 0.15) is 35.1 Å². The van der Waals surface area contributed by atoms with Gasteiger partial charge in [0, 0.05) is 38.3 Å². The van der Waals surface area contributed by atoms with Gasteiger partial charge in [-0.2, -0.15) is 4.72 Å². The third kappa shape index (κ3) is 8.01. The van der Waals surface area contributed by atoms with E-state index >= 15 is 0 Å². The molecule has 15 nitrogen and oxygen atoms in total. The van der Waals surface area contributed by atoms with E-state index in [2.05, 4.69) is 31.1 Å². The predicted molar refractivity (Wildman–Crippen MR) is 170 cm³/mol. The van der Waals surface area contributed by atoms with Gasteiger partial charge in [0.25, 0.3) is 5.91 Å². The van der Waals surface area contributed by atoms with Crippen LogP contribution >= 0.6 is 0 Å². The third-order valence-electron chi connectivity index (χ3n) is 8.15. The zero-order valence-electron chi connectivity index (χ0n) is 26.3. The van der Waals surface area contributed by atoms with Crippen molar-refractivity contribution in [3.05, 3.63) is 77.1 Å². The molecule has 0 unspecified atom stereocenters. The van der Waals surface area contributed by atoms with Crippen molar-refractivity contribution >= 4 is 33.7 Å². The molecule has 1 spiro atoms. The standard InChI is InChI=1S/C31H39N7O8S/c1-19-11-20(2)26(21(3)12-19)47(43,44)37-25(28(40)41)16-34-27(39)24-14-31(46-36-24)13-23(15-35-29-32-9-10-33-29)38(18-31)30(42)45-17-22-7-5-4-6-8-22/h4-12,23,25,29,32-33,35,37H,13-18H2,1-3H3,(H,34,39)(H,40,41)/t23-,25-,31+/m0/s1. The van der Waals surface area contributed by atoms with E-state index in [4.69, 9.17) is 9.57 Å². The normalized spacial score (nSPS) is 21.1. The molecule has 16 heteroatoms. The van der Waals surface area contributed by atoms with Crippen LogP contribution in [-0.2, 0) is 35.8 Å². The summed E-state index contributed by atoms with van der Waals surface area (Å²) in [6.45, 7) is 5.12. The Balaban J connectivity index is 1.21. The molecule has 3 aliphatic rings. The first-order valence-corrected chi connectivity index (χ1v) is 16.6. The minimum Gasteiger partial charge on any atom is -0.480 e. The third-order valence-corrected chi connectivity index (χ3v) is 9.93. The van der Waals surface area contributed by atoms with Crippen molar-refractivity contribution in [1.82, 2.24) is 30.9 Å². The maximum absolute atomic E-state index is 13.2. The van der Waals surface area contributed by atoms with Crippen molar-refractivity contribution < 1.29 is 37.5 Å². The lowest BCUT2D eigenvalue weighted by Gasteiger charge is -2.25. The topological polar surface area (TPSA) is 200 Å². The number of nitrogens with zero attached hydrogens (tertiary/aromatic N) is 2. The summed E-state index contributed by atoms with van der Waals surface area (Å²) in [7, 11) is -4.23. The summed E-state index contributed by atoms with van der Waals surface area (Å²) < 4.78 is 34.1. The fourth-order valence-corrected chi connectivity index (χ4v) is 7.74. The van der Waals surface area contributed by atoms with Gasteiger partial charge in [0.1, 0.15) is 18.4 Å². The molecule has 0 radical (unpaired) electrons. The zero-order chi connectivity index (χ0) is 33.8. The second-order valence-corrected chi connectivity index (χ2v) is 13.6. The molecule has 2 aromatic rings. The Morgan fingerprint density at radius 1 is 1.13 bits per heavy atom. The number of carboxylic acid groups (broad SMARTS) is 1. The highest BCUT2D eigenvalue weighted by molar-refractivity contribution is 7.89. The van der Waals surface area contributed by atoms with E-state index in [0.717, 1.165) is 11.1 Å². The molecule has 1 fully saturated rings. The molecule has 0 aromatic heterocycles. The molecule has 3 aliphatic heterocycles. The lowest BCUT2D eigenvalue weighted by molar-refractivity contribution is -0.138. The smallest absolute Gasteiger partial charge is 0.410 e. The average Bonchev–Trinajstić information content (AvgIpc) is 3.77. The fourth-order valence-electron chi connectivity index (χ4n) is 6.10. The molecule has 3 heterocycles. The number of amides is 2. The van der Waals surface area contributed by atoms with Crippen molar-refractivity contribution in [3.8, 4) is 0 Å². The van der Waals surface area contributed by atoms with E-state index in [1.165, 1.54) is 0 Å². The first-order valence-electron chi connectivity index (χ1n) is 15.1. The van der Waals surface area contributed by atoms with Crippen molar-refractivity contribution in [2.24, 2.45) is 5.16 Å². The number of carbonyl (C=O) groups excluding carboxylic acids is 2. The Labute approximate surface area is 272 Å². The predicted octanol–water partition coefficient (Wildman–Crippen LogP) is 0.923. The Bertz CT molecular complexity index is 1650. The van der Waals surface area contributed by atoms with Crippen LogP contribution in [0.4, 0.5) is 4.79 Å². The summed E-state index contributed by atoms with van der Waals surface area (Å²) in [6.07, 6.45) is 3.12. The lowest BCUT2D eigenvalue weighted by Crippen LogP contribution is -2.50. The van der Waals surface area contributed by atoms with Gasteiger partial charge in [-0.3, -0.25) is 19.8 Å². The first kappa shape index (κ1) is 33.7. The minimum atomic E-state index is -4.23. The van der Waals surface area contributed by atoms with Crippen molar-refractivity contribution in [2.75, 3.05) is 19.6 Å². The van der Waals surface area contributed by atoms with E-state index < -0.39 is 46.2 Å². The van der Waals surface area contributed by atoms with Gasteiger partial charge in [0.15, 0.2) is 11.9 Å². The highest BCUT2D eigenvalue weighted by Crippen LogP contribution is 2.38. The van der Waals surface area contributed by atoms with Crippen LogP contribution in [0.25, 0.3) is 0 Å². The van der Waals surface area contributed by atoms with Crippen molar-refractivity contribution in [1.29, 1.82) is 0 Å². The van der Waals surface area contributed by atoms with Crippen molar-refractivity contribution in [2.45, 2.75) is 69.1 Å². The van der Waals surface area contributed by atoms with Crippen LogP contribution in [0, 0.1) is 20.8 Å². The number of likely N-dealkylation sites (tertiary alicyclic amines) is 1. The SMILES string of the molecule is Cc1cc(C)c(S(=O)(=O)N[C@@H](CNC(=O)C2=NO[C@@]3(C2)C[C@@H](CNC2NC=CN2)N(C(=O)OCc2ccccc2)C3)C(=O)O)c(C)c1. The summed E-state index contributed by atoms with van der Waals surface area (Å²) in [5, 5.41) is 25.7. The average molecular weight is 670 g/mol. The second-order valence-electron chi connectivity index (χ2n) is 12.0. The van der Waals surface area contributed by atoms with Crippen LogP contribution in [0.3, 0.4) is 0 Å². The molecule has 1 saturated heterocycles. The largest absolute Gasteiger partial charge is 0.480 e. The van der Waals surface area contributed by atoms with Crippen LogP contribution < -0.4 is 26.0 Å². The van der Waals surface area contributed by atoms with Gasteiger partial charge in [-0.25, -0.2) is 13.2 Å². The van der Waals surface area contributed by atoms with Gasteiger partial charge >= 0.3 is 12.1 Å². The summed E-state index contributed by atoms with van der Waals surface area (Å²) in [6, 6.07) is 10.7. The van der Waals surface area contributed by atoms with Gasteiger partial charge in [0.05, 0.1) is 17.5 Å². The quantitative estimate of drug-likeness (QED) is 0.188. The number of nitrogens with one attached hydrogen (secondary N) is 5. The molecular formula is C31H39N7O8S. The minimum absolute atomic E-state index is 0.00300. The number of oxime groups is 1. The number of aryl methyl sites for hydroxylation is 3. The lowest BCUT2D eigenvalue weighted by atomic mass is 9.94. The van der Waals surface area contributed by atoms with Gasteiger partial charge in [-0.05, 0) is 37.5 Å². The number of rotatable bonds is 12. The van der Waals surface area contributed by atoms with Gasteiger partial charge in [-0.15, -0.1) is 0 Å². The molecule has 2 amide bonds. The van der Waals surface area contributed by atoms with Crippen LogP contribution in [0.15, 0.2) is 64.9 Å². The molecular weight excluding hydrogens is 630 g/mol. The summed E-state index contributed by atoms with van der Waals surface area (Å²) >= 11 is 0. The van der Waals surface area contributed by atoms with Crippen LogP contribution in [-0.4, -0.2) is 85.7 Å². The molecule has 0 bridgehead atoms. The summed E-state index contributed by atoms with van der Waals surface area (Å²) in [5.41, 5.74) is 1.64. The Morgan fingerprint density at radius 3 is 2.47 bits per heavy atom. The number of sulfonamides is 1. The number of hydrogen-bond acceptors (Lipinski definition) is 11. The molecule has 252 valence electrons. The molecule has 2 aromatic carbocycles. The summed E-state index contributed by atoms with van der Waals surface area (Å²) in [4.78, 5) is 45.7. The number of benzene rings is 2.